The van der Waals surface area contributed by atoms with E-state index in [0.717, 1.165) is 44.9 Å². The Hall–Kier alpha value is -0.860. The van der Waals surface area contributed by atoms with Gasteiger partial charge in [-0.2, -0.15) is 0 Å². The van der Waals surface area contributed by atoms with Gasteiger partial charge in [-0.25, -0.2) is 0 Å². The van der Waals surface area contributed by atoms with E-state index in [9.17, 15) is 9.59 Å². The monoisotopic (exact) mass is 242 g/mol. The third-order valence-electron chi connectivity index (χ3n) is 3.06. The van der Waals surface area contributed by atoms with Crippen LogP contribution in [0.2, 0.25) is 0 Å². The van der Waals surface area contributed by atoms with Crippen LogP contribution in [0.15, 0.2) is 0 Å². The number of carbonyl (C=O) groups excluding carboxylic acids is 1. The average Bonchev–Trinajstić information content (AvgIpc) is 2.29. The zero-order chi connectivity index (χ0) is 13.1. The fourth-order valence-electron chi connectivity index (χ4n) is 1.92. The summed E-state index contributed by atoms with van der Waals surface area (Å²) in [6.45, 7) is 4.19. The van der Waals surface area contributed by atoms with Gasteiger partial charge in [-0.3, -0.25) is 9.59 Å². The number of hydrogen-bond donors (Lipinski definition) is 1. The highest BCUT2D eigenvalue weighted by molar-refractivity contribution is 5.98. The van der Waals surface area contributed by atoms with Gasteiger partial charge in [-0.1, -0.05) is 52.4 Å². The maximum absolute atomic E-state index is 11.8. The molecule has 0 saturated carbocycles. The molecule has 1 atom stereocenters. The van der Waals surface area contributed by atoms with Gasteiger partial charge < -0.3 is 5.11 Å². The second kappa shape index (κ2) is 10.3. The highest BCUT2D eigenvalue weighted by Crippen LogP contribution is 2.15. The number of aliphatic carboxylic acids is 1. The Morgan fingerprint density at radius 3 is 2.06 bits per heavy atom. The van der Waals surface area contributed by atoms with Crippen LogP contribution in [0.25, 0.3) is 0 Å². The summed E-state index contributed by atoms with van der Waals surface area (Å²) >= 11 is 0. The number of Topliss-reactive ketones (excluding diaryl/α,β-unsaturated/α-hetero) is 1. The summed E-state index contributed by atoms with van der Waals surface area (Å²) in [6.07, 6.45) is 7.97. The van der Waals surface area contributed by atoms with Crippen LogP contribution in [0.3, 0.4) is 0 Å². The summed E-state index contributed by atoms with van der Waals surface area (Å²) in [4.78, 5) is 22.8. The number of carboxylic acid groups (broad SMARTS) is 1. The van der Waals surface area contributed by atoms with Crippen LogP contribution in [0.4, 0.5) is 0 Å². The molecule has 0 radical (unpaired) electrons. The number of unbranched alkanes of at least 4 members (excludes halogenated alkanes) is 5. The molecule has 0 rings (SSSR count). The van der Waals surface area contributed by atoms with Crippen molar-refractivity contribution in [3.05, 3.63) is 0 Å². The predicted octanol–water partition coefficient (Wildman–Crippen LogP) is 3.81. The van der Waals surface area contributed by atoms with Gasteiger partial charge in [-0.15, -0.1) is 0 Å². The Bertz CT molecular complexity index is 224. The summed E-state index contributed by atoms with van der Waals surface area (Å²) in [5.74, 6) is -1.78. The molecule has 17 heavy (non-hydrogen) atoms. The van der Waals surface area contributed by atoms with E-state index in [1.165, 1.54) is 0 Å². The van der Waals surface area contributed by atoms with Gasteiger partial charge in [0.15, 0.2) is 0 Å². The first kappa shape index (κ1) is 16.1. The lowest BCUT2D eigenvalue weighted by Gasteiger charge is -2.10. The second-order valence-corrected chi connectivity index (χ2v) is 4.66. The van der Waals surface area contributed by atoms with Gasteiger partial charge in [0.1, 0.15) is 11.7 Å². The molecule has 0 aromatic rings. The maximum Gasteiger partial charge on any atom is 0.314 e. The van der Waals surface area contributed by atoms with Crippen molar-refractivity contribution in [2.24, 2.45) is 5.92 Å². The molecule has 0 amide bonds. The molecule has 0 aromatic heterocycles. The summed E-state index contributed by atoms with van der Waals surface area (Å²) in [5, 5.41) is 9.02. The fourth-order valence-corrected chi connectivity index (χ4v) is 1.92. The third-order valence-corrected chi connectivity index (χ3v) is 3.06. The molecule has 0 fully saturated rings. The van der Waals surface area contributed by atoms with E-state index in [4.69, 9.17) is 5.11 Å². The van der Waals surface area contributed by atoms with E-state index < -0.39 is 11.9 Å². The van der Waals surface area contributed by atoms with Gasteiger partial charge in [0.05, 0.1) is 0 Å². The Labute approximate surface area is 105 Å². The lowest BCUT2D eigenvalue weighted by Crippen LogP contribution is -2.23. The van der Waals surface area contributed by atoms with Crippen molar-refractivity contribution in [3.8, 4) is 0 Å². The molecule has 0 aliphatic heterocycles. The van der Waals surface area contributed by atoms with Crippen molar-refractivity contribution < 1.29 is 14.7 Å². The summed E-state index contributed by atoms with van der Waals surface area (Å²) in [6, 6.07) is 0. The van der Waals surface area contributed by atoms with Crippen molar-refractivity contribution in [2.45, 2.75) is 71.6 Å². The normalized spacial score (nSPS) is 12.4. The molecule has 0 saturated heterocycles. The molecule has 0 aromatic carbocycles. The third kappa shape index (κ3) is 7.94. The number of carbonyl (C=O) groups is 2. The van der Waals surface area contributed by atoms with Gasteiger partial charge in [0, 0.05) is 6.42 Å². The Balaban J connectivity index is 3.93. The van der Waals surface area contributed by atoms with E-state index >= 15 is 0 Å². The Morgan fingerprint density at radius 1 is 0.941 bits per heavy atom. The van der Waals surface area contributed by atoms with Crippen LogP contribution < -0.4 is 0 Å². The summed E-state index contributed by atoms with van der Waals surface area (Å²) in [5.41, 5.74) is 0. The molecule has 1 N–H and O–H groups in total. The lowest BCUT2D eigenvalue weighted by molar-refractivity contribution is -0.146. The smallest absolute Gasteiger partial charge is 0.314 e. The highest BCUT2D eigenvalue weighted by Gasteiger charge is 2.24. The van der Waals surface area contributed by atoms with Crippen molar-refractivity contribution in [3.63, 3.8) is 0 Å². The van der Waals surface area contributed by atoms with Crippen LogP contribution >= 0.6 is 0 Å². The van der Waals surface area contributed by atoms with Crippen LogP contribution in [0, 0.1) is 5.92 Å². The van der Waals surface area contributed by atoms with Crippen LogP contribution in [0.1, 0.15) is 71.6 Å². The van der Waals surface area contributed by atoms with Gasteiger partial charge in [0.2, 0.25) is 0 Å². The fraction of sp³-hybridized carbons (Fsp3) is 0.857. The maximum atomic E-state index is 11.8. The van der Waals surface area contributed by atoms with E-state index in [1.807, 2.05) is 0 Å². The van der Waals surface area contributed by atoms with Gasteiger partial charge in [-0.05, 0) is 12.8 Å². The number of rotatable bonds is 11. The first-order valence-corrected chi connectivity index (χ1v) is 6.89. The summed E-state index contributed by atoms with van der Waals surface area (Å²) < 4.78 is 0. The molecule has 0 aliphatic carbocycles. The first-order chi connectivity index (χ1) is 8.13. The van der Waals surface area contributed by atoms with Crippen LogP contribution in [0.5, 0.6) is 0 Å². The minimum absolute atomic E-state index is 0.0790. The first-order valence-electron chi connectivity index (χ1n) is 6.89. The topological polar surface area (TPSA) is 54.4 Å². The molecule has 3 heteroatoms. The quantitative estimate of drug-likeness (QED) is 0.443. The minimum Gasteiger partial charge on any atom is -0.481 e. The molecule has 0 spiro atoms. The molecule has 3 nitrogen and oxygen atoms in total. The Morgan fingerprint density at radius 2 is 1.53 bits per heavy atom. The largest absolute Gasteiger partial charge is 0.481 e. The highest BCUT2D eigenvalue weighted by atomic mass is 16.4. The SMILES string of the molecule is CCCCCCC(=O)C(CCCCC)C(=O)O. The molecule has 1 unspecified atom stereocenters. The van der Waals surface area contributed by atoms with Crippen LogP contribution in [-0.2, 0) is 9.59 Å². The Kier molecular flexibility index (Phi) is 9.78. The molecule has 0 aliphatic rings. The zero-order valence-electron chi connectivity index (χ0n) is 11.2. The van der Waals surface area contributed by atoms with Gasteiger partial charge in [0.25, 0.3) is 0 Å². The van der Waals surface area contributed by atoms with E-state index in [1.54, 1.807) is 0 Å². The average molecular weight is 242 g/mol. The van der Waals surface area contributed by atoms with Gasteiger partial charge >= 0.3 is 5.97 Å². The molecule has 0 bridgehead atoms. The van der Waals surface area contributed by atoms with Crippen molar-refractivity contribution >= 4 is 11.8 Å². The van der Waals surface area contributed by atoms with Crippen LogP contribution in [-0.4, -0.2) is 16.9 Å². The molecular formula is C14H26O3. The van der Waals surface area contributed by atoms with Crippen molar-refractivity contribution in [1.82, 2.24) is 0 Å². The van der Waals surface area contributed by atoms with E-state index in [-0.39, 0.29) is 5.78 Å². The van der Waals surface area contributed by atoms with E-state index in [2.05, 4.69) is 13.8 Å². The molecular weight excluding hydrogens is 216 g/mol. The van der Waals surface area contributed by atoms with Crippen molar-refractivity contribution in [1.29, 1.82) is 0 Å². The molecule has 100 valence electrons. The summed E-state index contributed by atoms with van der Waals surface area (Å²) in [7, 11) is 0. The predicted molar refractivity (Wildman–Crippen MR) is 69.0 cm³/mol. The number of ketones is 1. The minimum atomic E-state index is -0.943. The zero-order valence-corrected chi connectivity index (χ0v) is 11.2. The molecule has 0 heterocycles. The van der Waals surface area contributed by atoms with Crippen molar-refractivity contribution in [2.75, 3.05) is 0 Å². The standard InChI is InChI=1S/C14H26O3/c1-3-5-7-9-11-13(15)12(14(16)17)10-8-6-4-2/h12H,3-11H2,1-2H3,(H,16,17). The number of carboxylic acids is 1. The lowest BCUT2D eigenvalue weighted by atomic mass is 9.93. The number of hydrogen-bond acceptors (Lipinski definition) is 2. The van der Waals surface area contributed by atoms with E-state index in [0.29, 0.717) is 12.8 Å². The second-order valence-electron chi connectivity index (χ2n) is 4.66.